The summed E-state index contributed by atoms with van der Waals surface area (Å²) in [5, 5.41) is 0.384. The van der Waals surface area contributed by atoms with Crippen LogP contribution in [0.4, 0.5) is 4.39 Å². The topological polar surface area (TPSA) is 111 Å². The number of pyridine rings is 1. The molecule has 0 aliphatic rings. The molecule has 3 heterocycles. The maximum absolute atomic E-state index is 13.1. The maximum atomic E-state index is 13.1. The number of ether oxygens (including phenoxy) is 1. The number of methoxy groups -OCH3 is 1. The zero-order chi connectivity index (χ0) is 21.3. The molecule has 0 aliphatic heterocycles. The number of esters is 1. The van der Waals surface area contributed by atoms with E-state index in [9.17, 15) is 14.0 Å². The molecular weight excluding hydrogens is 411 g/mol. The Morgan fingerprint density at radius 2 is 2.03 bits per heavy atom. The first-order chi connectivity index (χ1) is 14.4. The number of hydrogen-bond donors (Lipinski definition) is 1. The Morgan fingerprint density at radius 1 is 1.27 bits per heavy atom. The number of carbonyl (C=O) groups excluding carboxylic acids is 1. The Balaban J connectivity index is 1.58. The number of halogens is 1. The summed E-state index contributed by atoms with van der Waals surface area (Å²) in [6.45, 7) is 1.70. The summed E-state index contributed by atoms with van der Waals surface area (Å²) in [6.07, 6.45) is 1.55. The molecule has 152 valence electrons. The molecule has 0 aliphatic carbocycles. The van der Waals surface area contributed by atoms with E-state index < -0.39 is 11.5 Å². The van der Waals surface area contributed by atoms with E-state index in [0.717, 1.165) is 0 Å². The zero-order valence-electron chi connectivity index (χ0n) is 15.9. The summed E-state index contributed by atoms with van der Waals surface area (Å²) in [6, 6.07) is 7.37. The lowest BCUT2D eigenvalue weighted by atomic mass is 10.1. The molecule has 0 saturated carbocycles. The smallest absolute Gasteiger partial charge is 0.338 e. The number of carbonyl (C=O) groups is 1. The van der Waals surface area contributed by atoms with Crippen LogP contribution in [0.3, 0.4) is 0 Å². The molecular formula is C20H15FN4O4S. The molecule has 0 fully saturated rings. The third kappa shape index (κ3) is 3.94. The number of nitrogens with one attached hydrogen (secondary N) is 1. The van der Waals surface area contributed by atoms with Crippen molar-refractivity contribution in [3.63, 3.8) is 0 Å². The van der Waals surface area contributed by atoms with E-state index in [-0.39, 0.29) is 22.4 Å². The van der Waals surface area contributed by atoms with Gasteiger partial charge in [0.15, 0.2) is 16.6 Å². The molecule has 0 saturated heterocycles. The monoisotopic (exact) mass is 426 g/mol. The molecule has 4 aromatic rings. The van der Waals surface area contributed by atoms with E-state index in [1.165, 1.54) is 37.1 Å². The van der Waals surface area contributed by atoms with Crippen LogP contribution >= 0.6 is 11.8 Å². The van der Waals surface area contributed by atoms with Gasteiger partial charge in [-0.15, -0.1) is 0 Å². The largest absolute Gasteiger partial charge is 0.465 e. The van der Waals surface area contributed by atoms with Crippen LogP contribution in [0.1, 0.15) is 21.9 Å². The van der Waals surface area contributed by atoms with E-state index in [1.807, 2.05) is 0 Å². The molecule has 0 atom stereocenters. The van der Waals surface area contributed by atoms with Crippen molar-refractivity contribution in [1.29, 1.82) is 0 Å². The summed E-state index contributed by atoms with van der Waals surface area (Å²) >= 11 is 1.20. The van der Waals surface area contributed by atoms with E-state index in [4.69, 9.17) is 9.15 Å². The van der Waals surface area contributed by atoms with Crippen molar-refractivity contribution in [2.45, 2.75) is 17.8 Å². The van der Waals surface area contributed by atoms with E-state index >= 15 is 0 Å². The molecule has 0 bridgehead atoms. The second-order valence-electron chi connectivity index (χ2n) is 6.29. The summed E-state index contributed by atoms with van der Waals surface area (Å²) < 4.78 is 23.5. The minimum absolute atomic E-state index is 0.0755. The Bertz CT molecular complexity index is 1300. The van der Waals surface area contributed by atoms with Crippen LogP contribution < -0.4 is 5.56 Å². The summed E-state index contributed by atoms with van der Waals surface area (Å²) in [5.74, 6) is 0.247. The summed E-state index contributed by atoms with van der Waals surface area (Å²) in [5.41, 5.74) is 1.01. The number of thioether (sulfide) groups is 1. The Hall–Kier alpha value is -3.53. The predicted octanol–water partition coefficient (Wildman–Crippen LogP) is 3.50. The number of aromatic amines is 1. The molecule has 4 rings (SSSR count). The lowest BCUT2D eigenvalue weighted by molar-refractivity contribution is 0.0602. The molecule has 3 aromatic heterocycles. The van der Waals surface area contributed by atoms with Crippen LogP contribution in [0.15, 0.2) is 50.9 Å². The van der Waals surface area contributed by atoms with E-state index in [2.05, 4.69) is 19.9 Å². The third-order valence-electron chi connectivity index (χ3n) is 4.20. The van der Waals surface area contributed by atoms with Gasteiger partial charge in [0, 0.05) is 11.3 Å². The van der Waals surface area contributed by atoms with Crippen molar-refractivity contribution in [3.05, 3.63) is 69.8 Å². The number of oxazole rings is 1. The highest BCUT2D eigenvalue weighted by Crippen LogP contribution is 2.25. The van der Waals surface area contributed by atoms with Gasteiger partial charge >= 0.3 is 5.97 Å². The average molecular weight is 426 g/mol. The maximum Gasteiger partial charge on any atom is 0.338 e. The van der Waals surface area contributed by atoms with Gasteiger partial charge < -0.3 is 14.1 Å². The number of benzene rings is 1. The van der Waals surface area contributed by atoms with Crippen LogP contribution in [-0.2, 0) is 10.5 Å². The van der Waals surface area contributed by atoms with Gasteiger partial charge in [0.1, 0.15) is 5.82 Å². The SMILES string of the molecule is COC(=O)c1cc(C)nc2nc(SCc3ncc(-c4ccc(F)cc4)o3)[nH]c(=O)c12. The van der Waals surface area contributed by atoms with Crippen LogP contribution in [0.5, 0.6) is 0 Å². The van der Waals surface area contributed by atoms with Crippen LogP contribution in [0.2, 0.25) is 0 Å². The third-order valence-corrected chi connectivity index (χ3v) is 5.06. The van der Waals surface area contributed by atoms with Crippen molar-refractivity contribution in [2.75, 3.05) is 7.11 Å². The molecule has 0 spiro atoms. The fourth-order valence-corrected chi connectivity index (χ4v) is 3.55. The molecule has 10 heteroatoms. The van der Waals surface area contributed by atoms with Gasteiger partial charge in [-0.05, 0) is 37.3 Å². The summed E-state index contributed by atoms with van der Waals surface area (Å²) in [7, 11) is 1.24. The lowest BCUT2D eigenvalue weighted by Crippen LogP contribution is -2.16. The minimum atomic E-state index is -0.633. The standard InChI is InChI=1S/C20H15FN4O4S/c1-10-7-13(19(27)28-2)16-17(23-10)24-20(25-18(16)26)30-9-15-22-8-14(29-15)11-3-5-12(21)6-4-11/h3-8H,9H2,1-2H3,(H,23,24,25,26). The Labute approximate surface area is 173 Å². The number of nitrogens with zero attached hydrogens (tertiary/aromatic N) is 3. The molecule has 1 aromatic carbocycles. The molecule has 1 N–H and O–H groups in total. The molecule has 0 amide bonds. The van der Waals surface area contributed by atoms with Gasteiger partial charge in [0.2, 0.25) is 5.89 Å². The van der Waals surface area contributed by atoms with Crippen molar-refractivity contribution in [1.82, 2.24) is 19.9 Å². The lowest BCUT2D eigenvalue weighted by Gasteiger charge is -2.06. The van der Waals surface area contributed by atoms with Gasteiger partial charge in [-0.25, -0.2) is 24.1 Å². The first-order valence-corrected chi connectivity index (χ1v) is 9.76. The number of hydrogen-bond acceptors (Lipinski definition) is 8. The van der Waals surface area contributed by atoms with Gasteiger partial charge in [-0.2, -0.15) is 0 Å². The van der Waals surface area contributed by atoms with Crippen LogP contribution in [0.25, 0.3) is 22.4 Å². The van der Waals surface area contributed by atoms with Crippen molar-refractivity contribution in [2.24, 2.45) is 0 Å². The van der Waals surface area contributed by atoms with E-state index in [0.29, 0.717) is 33.8 Å². The number of H-pyrrole nitrogens is 1. The Kier molecular flexibility index (Phi) is 5.32. The predicted molar refractivity (Wildman–Crippen MR) is 108 cm³/mol. The average Bonchev–Trinajstić information content (AvgIpc) is 3.20. The fourth-order valence-electron chi connectivity index (χ4n) is 2.84. The van der Waals surface area contributed by atoms with Crippen LogP contribution in [0, 0.1) is 12.7 Å². The van der Waals surface area contributed by atoms with Crippen LogP contribution in [-0.4, -0.2) is 33.0 Å². The molecule has 0 radical (unpaired) electrons. The quantitative estimate of drug-likeness (QED) is 0.293. The van der Waals surface area contributed by atoms with Gasteiger partial charge in [-0.1, -0.05) is 11.8 Å². The first-order valence-electron chi connectivity index (χ1n) is 8.78. The van der Waals surface area contributed by atoms with Crippen molar-refractivity contribution in [3.8, 4) is 11.3 Å². The number of aromatic nitrogens is 4. The van der Waals surface area contributed by atoms with E-state index in [1.54, 1.807) is 25.3 Å². The molecule has 30 heavy (non-hydrogen) atoms. The Morgan fingerprint density at radius 3 is 2.77 bits per heavy atom. The van der Waals surface area contributed by atoms with Crippen molar-refractivity contribution < 1.29 is 18.3 Å². The second kappa shape index (κ2) is 8.07. The number of rotatable bonds is 5. The highest BCUT2D eigenvalue weighted by atomic mass is 32.2. The minimum Gasteiger partial charge on any atom is -0.465 e. The van der Waals surface area contributed by atoms with Gasteiger partial charge in [0.25, 0.3) is 5.56 Å². The normalized spacial score (nSPS) is 11.0. The molecule has 8 nitrogen and oxygen atoms in total. The van der Waals surface area contributed by atoms with Crippen molar-refractivity contribution >= 4 is 28.8 Å². The highest BCUT2D eigenvalue weighted by Gasteiger charge is 2.18. The number of aryl methyl sites for hydroxylation is 1. The van der Waals surface area contributed by atoms with Gasteiger partial charge in [0.05, 0.1) is 30.0 Å². The zero-order valence-corrected chi connectivity index (χ0v) is 16.7. The molecule has 0 unspecified atom stereocenters. The first kappa shape index (κ1) is 19.8. The fraction of sp³-hybridized carbons (Fsp3) is 0.150. The summed E-state index contributed by atoms with van der Waals surface area (Å²) in [4.78, 5) is 40.0. The van der Waals surface area contributed by atoms with Gasteiger partial charge in [-0.3, -0.25) is 4.79 Å². The highest BCUT2D eigenvalue weighted by molar-refractivity contribution is 7.98. The second-order valence-corrected chi connectivity index (χ2v) is 7.25. The number of fused-ring (bicyclic) bond motifs is 1.